The molecule has 0 aliphatic carbocycles. The van der Waals surface area contributed by atoms with Crippen LogP contribution in [0.25, 0.3) is 10.8 Å². The van der Waals surface area contributed by atoms with Gasteiger partial charge in [0, 0.05) is 5.39 Å². The molecule has 0 aliphatic rings. The van der Waals surface area contributed by atoms with E-state index in [0.29, 0.717) is 5.39 Å². The Kier molecular flexibility index (Phi) is 5.01. The first-order valence-corrected chi connectivity index (χ1v) is 6.08. The topological polar surface area (TPSA) is 43.4 Å². The molecule has 0 saturated heterocycles. The van der Waals surface area contributed by atoms with Crippen LogP contribution in [0.4, 0.5) is 0 Å². The minimum atomic E-state index is -3.75. The Labute approximate surface area is 130 Å². The summed E-state index contributed by atoms with van der Waals surface area (Å²) < 4.78 is 28.1. The molecular formula is C12H12CaO3S. The molecule has 0 unspecified atom stereocenters. The summed E-state index contributed by atoms with van der Waals surface area (Å²) in [5.74, 6) is 0. The van der Waals surface area contributed by atoms with Crippen molar-refractivity contribution in [3.8, 4) is 0 Å². The van der Waals surface area contributed by atoms with Crippen molar-refractivity contribution in [3.05, 3.63) is 55.3 Å². The first-order valence-electron chi connectivity index (χ1n) is 4.67. The summed E-state index contributed by atoms with van der Waals surface area (Å²) in [5.41, 5.74) is 0. The van der Waals surface area contributed by atoms with E-state index >= 15 is 0 Å². The standard InChI is InChI=1S/C12H10O3S.Ca.2H/c1-2-15-16(13,14)12-9-5-7-10-6-3-4-8-11(10)12;;;/h2-9H,1H2;;;. The summed E-state index contributed by atoms with van der Waals surface area (Å²) >= 11 is 0. The van der Waals surface area contributed by atoms with Crippen LogP contribution in [0, 0.1) is 0 Å². The van der Waals surface area contributed by atoms with Crippen molar-refractivity contribution >= 4 is 58.6 Å². The second-order valence-corrected chi connectivity index (χ2v) is 4.73. The predicted octanol–water partition coefficient (Wildman–Crippen LogP) is 1.77. The van der Waals surface area contributed by atoms with E-state index in [1.807, 2.05) is 18.2 Å². The van der Waals surface area contributed by atoms with Gasteiger partial charge in [0.15, 0.2) is 0 Å². The van der Waals surface area contributed by atoms with Gasteiger partial charge in [-0.2, -0.15) is 8.42 Å². The molecular weight excluding hydrogens is 264 g/mol. The van der Waals surface area contributed by atoms with Crippen LogP contribution in [0.5, 0.6) is 0 Å². The molecule has 0 spiro atoms. The van der Waals surface area contributed by atoms with Crippen molar-refractivity contribution in [2.75, 3.05) is 0 Å². The molecule has 17 heavy (non-hydrogen) atoms. The molecule has 0 atom stereocenters. The van der Waals surface area contributed by atoms with Crippen LogP contribution in [0.1, 0.15) is 0 Å². The third-order valence-corrected chi connectivity index (χ3v) is 3.50. The molecule has 0 aromatic heterocycles. The van der Waals surface area contributed by atoms with Crippen LogP contribution in [0.3, 0.4) is 0 Å². The monoisotopic (exact) mass is 276 g/mol. The Morgan fingerprint density at radius 3 is 2.41 bits per heavy atom. The summed E-state index contributed by atoms with van der Waals surface area (Å²) in [4.78, 5) is 0.158. The normalized spacial score (nSPS) is 10.6. The molecule has 2 aromatic rings. The fraction of sp³-hybridized carbons (Fsp3) is 0. The van der Waals surface area contributed by atoms with Crippen LogP contribution < -0.4 is 0 Å². The van der Waals surface area contributed by atoms with Gasteiger partial charge in [0.2, 0.25) is 0 Å². The molecule has 2 aromatic carbocycles. The maximum absolute atomic E-state index is 11.8. The fourth-order valence-corrected chi connectivity index (χ4v) is 2.54. The molecule has 86 valence electrons. The molecule has 0 amide bonds. The molecule has 3 nitrogen and oxygen atoms in total. The van der Waals surface area contributed by atoms with Gasteiger partial charge in [-0.05, 0) is 11.5 Å². The third kappa shape index (κ3) is 3.01. The Morgan fingerprint density at radius 2 is 1.71 bits per heavy atom. The van der Waals surface area contributed by atoms with Crippen LogP contribution >= 0.6 is 0 Å². The van der Waals surface area contributed by atoms with Crippen molar-refractivity contribution in [2.45, 2.75) is 4.90 Å². The maximum atomic E-state index is 11.8. The average molecular weight is 276 g/mol. The zero-order valence-corrected chi connectivity index (χ0v) is 9.28. The molecule has 0 N–H and O–H groups in total. The van der Waals surface area contributed by atoms with E-state index in [-0.39, 0.29) is 42.6 Å². The molecule has 0 heterocycles. The van der Waals surface area contributed by atoms with Crippen molar-refractivity contribution < 1.29 is 12.6 Å². The minimum absolute atomic E-state index is 0. The van der Waals surface area contributed by atoms with Crippen molar-refractivity contribution in [3.63, 3.8) is 0 Å². The van der Waals surface area contributed by atoms with E-state index in [0.717, 1.165) is 11.6 Å². The molecule has 2 rings (SSSR count). The van der Waals surface area contributed by atoms with Crippen molar-refractivity contribution in [1.29, 1.82) is 0 Å². The zero-order chi connectivity index (χ0) is 11.6. The van der Waals surface area contributed by atoms with Crippen LogP contribution in [-0.4, -0.2) is 46.2 Å². The summed E-state index contributed by atoms with van der Waals surface area (Å²) in [5, 5.41) is 1.50. The van der Waals surface area contributed by atoms with Gasteiger partial charge < -0.3 is 4.18 Å². The summed E-state index contributed by atoms with van der Waals surface area (Å²) in [6, 6.07) is 12.3. The average Bonchev–Trinajstić information content (AvgIpc) is 2.28. The van der Waals surface area contributed by atoms with Gasteiger partial charge in [-0.25, -0.2) is 0 Å². The molecule has 0 aliphatic heterocycles. The van der Waals surface area contributed by atoms with Gasteiger partial charge in [-0.1, -0.05) is 43.0 Å². The van der Waals surface area contributed by atoms with Crippen molar-refractivity contribution in [1.82, 2.24) is 0 Å². The molecule has 5 heteroatoms. The first-order chi connectivity index (χ1) is 7.65. The van der Waals surface area contributed by atoms with E-state index < -0.39 is 10.1 Å². The second-order valence-electron chi connectivity index (χ2n) is 3.19. The molecule has 0 radical (unpaired) electrons. The number of hydrogen-bond donors (Lipinski definition) is 0. The summed E-state index contributed by atoms with van der Waals surface area (Å²) in [6.45, 7) is 3.25. The number of fused-ring (bicyclic) bond motifs is 1. The molecule has 0 saturated carbocycles. The third-order valence-electron chi connectivity index (χ3n) is 2.21. The molecule has 0 bridgehead atoms. The molecule has 0 fully saturated rings. The van der Waals surface area contributed by atoms with Gasteiger partial charge in [0.25, 0.3) is 0 Å². The predicted molar refractivity (Wildman–Crippen MR) is 71.0 cm³/mol. The van der Waals surface area contributed by atoms with E-state index in [4.69, 9.17) is 0 Å². The Morgan fingerprint density at radius 1 is 1.06 bits per heavy atom. The van der Waals surface area contributed by atoms with Crippen LogP contribution in [0.2, 0.25) is 0 Å². The van der Waals surface area contributed by atoms with Gasteiger partial charge in [-0.3, -0.25) is 0 Å². The van der Waals surface area contributed by atoms with E-state index in [1.54, 1.807) is 18.2 Å². The number of benzene rings is 2. The van der Waals surface area contributed by atoms with Gasteiger partial charge in [0.1, 0.15) is 4.90 Å². The number of hydrogen-bond acceptors (Lipinski definition) is 3. The van der Waals surface area contributed by atoms with E-state index in [1.165, 1.54) is 6.07 Å². The van der Waals surface area contributed by atoms with Gasteiger partial charge in [0.05, 0.1) is 6.26 Å². The summed E-state index contributed by atoms with van der Waals surface area (Å²) in [7, 11) is -3.75. The number of rotatable bonds is 3. The van der Waals surface area contributed by atoms with Gasteiger partial charge in [-0.15, -0.1) is 0 Å². The van der Waals surface area contributed by atoms with Crippen LogP contribution in [-0.2, 0) is 14.3 Å². The first kappa shape index (κ1) is 14.5. The quantitative estimate of drug-likeness (QED) is 0.487. The second kappa shape index (κ2) is 5.87. The fourth-order valence-electron chi connectivity index (χ4n) is 1.56. The Balaban J connectivity index is 0.00000144. The zero-order valence-electron chi connectivity index (χ0n) is 8.46. The van der Waals surface area contributed by atoms with Crippen LogP contribution in [0.15, 0.2) is 60.2 Å². The van der Waals surface area contributed by atoms with Crippen molar-refractivity contribution in [2.24, 2.45) is 0 Å². The Bertz CT molecular complexity index is 630. The van der Waals surface area contributed by atoms with Gasteiger partial charge >= 0.3 is 47.9 Å². The summed E-state index contributed by atoms with van der Waals surface area (Å²) in [6.07, 6.45) is 0.914. The van der Waals surface area contributed by atoms with E-state index in [9.17, 15) is 8.42 Å². The van der Waals surface area contributed by atoms with E-state index in [2.05, 4.69) is 10.8 Å². The SMILES string of the molecule is C=COS(=O)(=O)c1cccc2ccccc12.[CaH2]. The Hall–Kier alpha value is -0.550.